The Labute approximate surface area is 96.0 Å². The van der Waals surface area contributed by atoms with Crippen molar-refractivity contribution in [2.45, 2.75) is 37.1 Å². The van der Waals surface area contributed by atoms with Gasteiger partial charge in [-0.25, -0.2) is 0 Å². The van der Waals surface area contributed by atoms with Crippen LogP contribution in [0, 0.1) is 11.8 Å². The lowest BCUT2D eigenvalue weighted by Gasteiger charge is -2.56. The number of nitrogens with two attached hydrogens (primary N) is 2. The third-order valence-corrected chi connectivity index (χ3v) is 5.24. The summed E-state index contributed by atoms with van der Waals surface area (Å²) in [4.78, 5) is 0. The van der Waals surface area contributed by atoms with Crippen molar-refractivity contribution >= 4 is 5.69 Å². The van der Waals surface area contributed by atoms with E-state index in [1.807, 2.05) is 6.07 Å². The summed E-state index contributed by atoms with van der Waals surface area (Å²) >= 11 is 0. The molecule has 0 aliphatic heterocycles. The van der Waals surface area contributed by atoms with Gasteiger partial charge in [0.25, 0.3) is 0 Å². The molecule has 4 N–H and O–H groups in total. The quantitative estimate of drug-likeness (QED) is 0.650. The molecule has 0 amide bonds. The highest BCUT2D eigenvalue weighted by atomic mass is 14.7. The van der Waals surface area contributed by atoms with Crippen LogP contribution in [0.3, 0.4) is 0 Å². The molecule has 0 bridgehead atoms. The molecule has 5 atom stereocenters. The van der Waals surface area contributed by atoms with Gasteiger partial charge in [-0.3, -0.25) is 0 Å². The fourth-order valence-corrected chi connectivity index (χ4v) is 4.36. The lowest BCUT2D eigenvalue weighted by molar-refractivity contribution is 0.0492. The van der Waals surface area contributed by atoms with Gasteiger partial charge in [0.1, 0.15) is 0 Å². The van der Waals surface area contributed by atoms with E-state index in [2.05, 4.69) is 12.1 Å². The highest BCUT2D eigenvalue weighted by molar-refractivity contribution is 5.61. The zero-order chi connectivity index (χ0) is 10.9. The Balaban J connectivity index is 1.71. The van der Waals surface area contributed by atoms with Gasteiger partial charge in [-0.2, -0.15) is 0 Å². The van der Waals surface area contributed by atoms with E-state index in [4.69, 9.17) is 11.5 Å². The minimum absolute atomic E-state index is 0.482. The smallest absolute Gasteiger partial charge is 0.0352 e. The van der Waals surface area contributed by atoms with Crippen molar-refractivity contribution in [3.63, 3.8) is 0 Å². The summed E-state index contributed by atoms with van der Waals surface area (Å²) in [5.74, 6) is 3.22. The summed E-state index contributed by atoms with van der Waals surface area (Å²) in [6.07, 6.45) is 3.90. The number of fused-ring (bicyclic) bond motifs is 5. The SMILES string of the molecule is Nc1cccc2c1C1CC3CC(N)C3CC21. The van der Waals surface area contributed by atoms with Crippen molar-refractivity contribution in [3.8, 4) is 0 Å². The molecule has 2 nitrogen and oxygen atoms in total. The molecule has 0 radical (unpaired) electrons. The molecule has 1 aromatic rings. The molecule has 2 heteroatoms. The van der Waals surface area contributed by atoms with Crippen molar-refractivity contribution in [2.75, 3.05) is 5.73 Å². The molecule has 2 fully saturated rings. The van der Waals surface area contributed by atoms with Crippen LogP contribution in [0.15, 0.2) is 18.2 Å². The van der Waals surface area contributed by atoms with Crippen LogP contribution < -0.4 is 11.5 Å². The monoisotopic (exact) mass is 214 g/mol. The molecule has 0 aromatic heterocycles. The Morgan fingerprint density at radius 2 is 1.94 bits per heavy atom. The van der Waals surface area contributed by atoms with E-state index in [-0.39, 0.29) is 0 Å². The Hall–Kier alpha value is -1.02. The molecule has 0 heterocycles. The van der Waals surface area contributed by atoms with E-state index in [0.717, 1.165) is 29.4 Å². The van der Waals surface area contributed by atoms with E-state index in [1.54, 1.807) is 0 Å². The zero-order valence-electron chi connectivity index (χ0n) is 9.39. The van der Waals surface area contributed by atoms with Gasteiger partial charge in [0.05, 0.1) is 0 Å². The second-order valence-electron chi connectivity index (χ2n) is 5.86. The number of benzene rings is 1. The minimum Gasteiger partial charge on any atom is -0.398 e. The molecule has 4 rings (SSSR count). The molecule has 3 aliphatic rings. The van der Waals surface area contributed by atoms with Crippen molar-refractivity contribution < 1.29 is 0 Å². The molecule has 0 spiro atoms. The van der Waals surface area contributed by atoms with Crippen LogP contribution in [0.1, 0.15) is 42.2 Å². The van der Waals surface area contributed by atoms with E-state index in [9.17, 15) is 0 Å². The van der Waals surface area contributed by atoms with Gasteiger partial charge < -0.3 is 11.5 Å². The summed E-state index contributed by atoms with van der Waals surface area (Å²) in [7, 11) is 0. The second kappa shape index (κ2) is 2.80. The average Bonchev–Trinajstić information content (AvgIpc) is 2.24. The summed E-state index contributed by atoms with van der Waals surface area (Å²) < 4.78 is 0. The molecule has 1 aromatic carbocycles. The molecule has 3 aliphatic carbocycles. The van der Waals surface area contributed by atoms with Crippen molar-refractivity contribution in [3.05, 3.63) is 29.3 Å². The summed E-state index contributed by atoms with van der Waals surface area (Å²) in [5, 5.41) is 0. The predicted octanol–water partition coefficient (Wildman–Crippen LogP) is 2.21. The van der Waals surface area contributed by atoms with Gasteiger partial charge in [-0.1, -0.05) is 12.1 Å². The Morgan fingerprint density at radius 3 is 2.75 bits per heavy atom. The number of rotatable bonds is 0. The Kier molecular flexibility index (Phi) is 1.59. The van der Waals surface area contributed by atoms with Gasteiger partial charge >= 0.3 is 0 Å². The third kappa shape index (κ3) is 0.921. The Bertz CT molecular complexity index is 454. The number of anilines is 1. The maximum Gasteiger partial charge on any atom is 0.0352 e. The van der Waals surface area contributed by atoms with E-state index in [1.165, 1.54) is 30.4 Å². The maximum atomic E-state index is 6.09. The van der Waals surface area contributed by atoms with Crippen LogP contribution in [0.25, 0.3) is 0 Å². The molecular weight excluding hydrogens is 196 g/mol. The normalized spacial score (nSPS) is 43.4. The summed E-state index contributed by atoms with van der Waals surface area (Å²) in [6, 6.07) is 6.89. The van der Waals surface area contributed by atoms with Crippen LogP contribution in [-0.2, 0) is 0 Å². The van der Waals surface area contributed by atoms with Crippen molar-refractivity contribution in [1.82, 2.24) is 0 Å². The topological polar surface area (TPSA) is 52.0 Å². The number of nitrogen functional groups attached to an aromatic ring is 1. The van der Waals surface area contributed by atoms with Crippen LogP contribution in [0.5, 0.6) is 0 Å². The van der Waals surface area contributed by atoms with Crippen molar-refractivity contribution in [1.29, 1.82) is 0 Å². The highest BCUT2D eigenvalue weighted by Crippen LogP contribution is 2.62. The summed E-state index contributed by atoms with van der Waals surface area (Å²) in [5.41, 5.74) is 16.2. The second-order valence-corrected chi connectivity index (χ2v) is 5.86. The lowest BCUT2D eigenvalue weighted by Crippen LogP contribution is -2.53. The lowest BCUT2D eigenvalue weighted by atomic mass is 9.50. The van der Waals surface area contributed by atoms with Crippen LogP contribution in [0.2, 0.25) is 0 Å². The molecule has 16 heavy (non-hydrogen) atoms. The first kappa shape index (κ1) is 9.06. The third-order valence-electron chi connectivity index (χ3n) is 5.24. The maximum absolute atomic E-state index is 6.09. The van der Waals surface area contributed by atoms with E-state index < -0.39 is 0 Å². The predicted molar refractivity (Wildman–Crippen MR) is 65.1 cm³/mol. The summed E-state index contributed by atoms with van der Waals surface area (Å²) in [6.45, 7) is 0. The largest absolute Gasteiger partial charge is 0.398 e. The average molecular weight is 214 g/mol. The standard InChI is InChI=1S/C14H18N2/c15-12-3-1-2-8-10-6-9-7(5-13(9)16)4-11(10)14(8)12/h1-3,7,9-11,13H,4-6,15-16H2. The van der Waals surface area contributed by atoms with Crippen LogP contribution in [0.4, 0.5) is 5.69 Å². The fourth-order valence-electron chi connectivity index (χ4n) is 4.36. The van der Waals surface area contributed by atoms with Gasteiger partial charge in [0.2, 0.25) is 0 Å². The first-order valence-electron chi connectivity index (χ1n) is 6.39. The molecule has 84 valence electrons. The first-order chi connectivity index (χ1) is 7.75. The molecule has 2 saturated carbocycles. The molecule has 0 saturated heterocycles. The van der Waals surface area contributed by atoms with Crippen LogP contribution >= 0.6 is 0 Å². The fraction of sp³-hybridized carbons (Fsp3) is 0.571. The van der Waals surface area contributed by atoms with Gasteiger partial charge in [0, 0.05) is 11.7 Å². The van der Waals surface area contributed by atoms with Crippen LogP contribution in [-0.4, -0.2) is 6.04 Å². The van der Waals surface area contributed by atoms with E-state index in [0.29, 0.717) is 6.04 Å². The van der Waals surface area contributed by atoms with Gasteiger partial charge in [-0.15, -0.1) is 0 Å². The Morgan fingerprint density at radius 1 is 1.06 bits per heavy atom. The highest BCUT2D eigenvalue weighted by Gasteiger charge is 2.52. The van der Waals surface area contributed by atoms with Gasteiger partial charge in [0.15, 0.2) is 0 Å². The van der Waals surface area contributed by atoms with Crippen molar-refractivity contribution in [2.24, 2.45) is 17.6 Å². The minimum atomic E-state index is 0.482. The number of hydrogen-bond acceptors (Lipinski definition) is 2. The molecular formula is C14H18N2. The zero-order valence-corrected chi connectivity index (χ0v) is 9.39. The van der Waals surface area contributed by atoms with E-state index >= 15 is 0 Å². The molecule has 5 unspecified atom stereocenters. The van der Waals surface area contributed by atoms with Gasteiger partial charge in [-0.05, 0) is 60.1 Å². The first-order valence-corrected chi connectivity index (χ1v) is 6.39. The number of hydrogen-bond donors (Lipinski definition) is 2.